The molecule has 2 aliphatic heterocycles. The highest BCUT2D eigenvalue weighted by Crippen LogP contribution is 2.31. The summed E-state index contributed by atoms with van der Waals surface area (Å²) in [7, 11) is 0. The van der Waals surface area contributed by atoms with Gasteiger partial charge in [-0.2, -0.15) is 5.26 Å². The molecule has 2 heterocycles. The maximum absolute atomic E-state index is 12.2. The van der Waals surface area contributed by atoms with Crippen LogP contribution in [0, 0.1) is 11.3 Å². The van der Waals surface area contributed by atoms with Gasteiger partial charge in [0.05, 0.1) is 0 Å². The molecule has 1 saturated heterocycles. The van der Waals surface area contributed by atoms with E-state index >= 15 is 0 Å². The van der Waals surface area contributed by atoms with Crippen molar-refractivity contribution in [3.05, 3.63) is 29.3 Å². The number of ether oxygens (including phenoxy) is 2. The Hall–Kier alpha value is -2.48. The van der Waals surface area contributed by atoms with Gasteiger partial charge in [0, 0.05) is 13.1 Å². The number of nitrogens with zero attached hydrogens (tertiary/aromatic N) is 2. The lowest BCUT2D eigenvalue weighted by Crippen LogP contribution is -2.28. The van der Waals surface area contributed by atoms with Gasteiger partial charge in [0.2, 0.25) is 0 Å². The van der Waals surface area contributed by atoms with Gasteiger partial charge in [0.15, 0.2) is 11.5 Å². The molecular weight excluding hydrogens is 268 g/mol. The number of carbonyl (C=O) groups excluding carboxylic acids is 1. The summed E-state index contributed by atoms with van der Waals surface area (Å²) in [4.78, 5) is 14.0. The quantitative estimate of drug-likeness (QED) is 0.615. The second kappa shape index (κ2) is 5.88. The molecule has 1 aromatic carbocycles. The molecule has 2 aliphatic rings. The summed E-state index contributed by atoms with van der Waals surface area (Å²) in [5.74, 6) is 1.16. The Balaban J connectivity index is 1.84. The standard InChI is InChI=1S/C16H16N2O3/c17-11-13(16(19)18-5-1-2-6-18)9-12-3-4-14-15(10-12)21-8-7-20-14/h3-4,9-10H,1-2,5-8H2/b13-9+. The minimum atomic E-state index is -0.190. The normalized spacial score (nSPS) is 17.5. The van der Waals surface area contributed by atoms with Gasteiger partial charge in [-0.25, -0.2) is 0 Å². The number of likely N-dealkylation sites (tertiary alicyclic amines) is 1. The van der Waals surface area contributed by atoms with E-state index in [0.717, 1.165) is 31.5 Å². The number of hydrogen-bond donors (Lipinski definition) is 0. The maximum atomic E-state index is 12.2. The van der Waals surface area contributed by atoms with Crippen LogP contribution in [0.1, 0.15) is 18.4 Å². The molecule has 0 atom stereocenters. The van der Waals surface area contributed by atoms with Crippen molar-refractivity contribution in [1.82, 2.24) is 4.90 Å². The van der Waals surface area contributed by atoms with Crippen molar-refractivity contribution < 1.29 is 14.3 Å². The predicted octanol–water partition coefficient (Wildman–Crippen LogP) is 1.99. The third-order valence-corrected chi connectivity index (χ3v) is 3.62. The molecule has 21 heavy (non-hydrogen) atoms. The Morgan fingerprint density at radius 3 is 2.62 bits per heavy atom. The minimum absolute atomic E-state index is 0.161. The van der Waals surface area contributed by atoms with Crippen LogP contribution in [0.25, 0.3) is 6.08 Å². The molecule has 1 amide bonds. The molecule has 108 valence electrons. The molecule has 0 N–H and O–H groups in total. The molecular formula is C16H16N2O3. The Labute approximate surface area is 123 Å². The lowest BCUT2D eigenvalue weighted by molar-refractivity contribution is -0.125. The third kappa shape index (κ3) is 2.84. The van der Waals surface area contributed by atoms with Crippen molar-refractivity contribution in [2.24, 2.45) is 0 Å². The molecule has 5 heteroatoms. The molecule has 0 spiro atoms. The molecule has 5 nitrogen and oxygen atoms in total. The number of carbonyl (C=O) groups is 1. The third-order valence-electron chi connectivity index (χ3n) is 3.62. The van der Waals surface area contributed by atoms with Crippen molar-refractivity contribution in [2.75, 3.05) is 26.3 Å². The van der Waals surface area contributed by atoms with Crippen LogP contribution < -0.4 is 9.47 Å². The van der Waals surface area contributed by atoms with E-state index in [1.165, 1.54) is 0 Å². The zero-order valence-corrected chi connectivity index (χ0v) is 11.7. The van der Waals surface area contributed by atoms with E-state index in [1.807, 2.05) is 12.1 Å². The molecule has 0 saturated carbocycles. The van der Waals surface area contributed by atoms with Crippen LogP contribution in [-0.2, 0) is 4.79 Å². The van der Waals surface area contributed by atoms with E-state index in [-0.39, 0.29) is 11.5 Å². The molecule has 0 aromatic heterocycles. The van der Waals surface area contributed by atoms with E-state index in [2.05, 4.69) is 0 Å². The van der Waals surface area contributed by atoms with E-state index in [1.54, 1.807) is 23.1 Å². The summed E-state index contributed by atoms with van der Waals surface area (Å²) in [5.41, 5.74) is 0.928. The van der Waals surface area contributed by atoms with Gasteiger partial charge in [0.1, 0.15) is 24.9 Å². The van der Waals surface area contributed by atoms with Gasteiger partial charge < -0.3 is 14.4 Å². The summed E-state index contributed by atoms with van der Waals surface area (Å²) in [6, 6.07) is 7.42. The van der Waals surface area contributed by atoms with E-state index in [0.29, 0.717) is 24.7 Å². The zero-order chi connectivity index (χ0) is 14.7. The first-order valence-corrected chi connectivity index (χ1v) is 7.08. The maximum Gasteiger partial charge on any atom is 0.264 e. The molecule has 3 rings (SSSR count). The first-order chi connectivity index (χ1) is 10.3. The highest BCUT2D eigenvalue weighted by atomic mass is 16.6. The van der Waals surface area contributed by atoms with E-state index in [9.17, 15) is 10.1 Å². The molecule has 0 aliphatic carbocycles. The molecule has 0 radical (unpaired) electrons. The van der Waals surface area contributed by atoms with Crippen LogP contribution in [0.3, 0.4) is 0 Å². The Bertz CT molecular complexity index is 625. The molecule has 0 bridgehead atoms. The summed E-state index contributed by atoms with van der Waals surface area (Å²) in [6.45, 7) is 2.52. The van der Waals surface area contributed by atoms with E-state index < -0.39 is 0 Å². The number of benzene rings is 1. The Kier molecular flexibility index (Phi) is 3.78. The summed E-state index contributed by atoms with van der Waals surface area (Å²) < 4.78 is 11.0. The van der Waals surface area contributed by atoms with Crippen LogP contribution in [0.5, 0.6) is 11.5 Å². The van der Waals surface area contributed by atoms with E-state index in [4.69, 9.17) is 9.47 Å². The Morgan fingerprint density at radius 1 is 1.19 bits per heavy atom. The van der Waals surface area contributed by atoms with Crippen LogP contribution in [0.4, 0.5) is 0 Å². The SMILES string of the molecule is N#C/C(=C\c1ccc2c(c1)OCCO2)C(=O)N1CCCC1. The lowest BCUT2D eigenvalue weighted by Gasteiger charge is -2.18. The van der Waals surface area contributed by atoms with Crippen LogP contribution in [0.15, 0.2) is 23.8 Å². The summed E-state index contributed by atoms with van der Waals surface area (Å²) in [6.07, 6.45) is 3.63. The van der Waals surface area contributed by atoms with Gasteiger partial charge in [-0.05, 0) is 36.6 Å². The smallest absolute Gasteiger partial charge is 0.264 e. The second-order valence-corrected chi connectivity index (χ2v) is 5.07. The largest absolute Gasteiger partial charge is 0.486 e. The average molecular weight is 284 g/mol. The van der Waals surface area contributed by atoms with Gasteiger partial charge in [-0.1, -0.05) is 6.07 Å². The average Bonchev–Trinajstić information content (AvgIpc) is 3.06. The monoisotopic (exact) mass is 284 g/mol. The summed E-state index contributed by atoms with van der Waals surface area (Å²) >= 11 is 0. The Morgan fingerprint density at radius 2 is 1.90 bits per heavy atom. The van der Waals surface area contributed by atoms with Crippen molar-refractivity contribution >= 4 is 12.0 Å². The van der Waals surface area contributed by atoms with Crippen molar-refractivity contribution in [2.45, 2.75) is 12.8 Å². The number of hydrogen-bond acceptors (Lipinski definition) is 4. The van der Waals surface area contributed by atoms with Gasteiger partial charge in [-0.15, -0.1) is 0 Å². The van der Waals surface area contributed by atoms with Crippen molar-refractivity contribution in [3.63, 3.8) is 0 Å². The molecule has 1 aromatic rings. The topological polar surface area (TPSA) is 62.6 Å². The van der Waals surface area contributed by atoms with Gasteiger partial charge in [0.25, 0.3) is 5.91 Å². The van der Waals surface area contributed by atoms with Crippen molar-refractivity contribution in [3.8, 4) is 17.6 Å². The number of amides is 1. The number of rotatable bonds is 2. The number of fused-ring (bicyclic) bond motifs is 1. The van der Waals surface area contributed by atoms with Crippen LogP contribution >= 0.6 is 0 Å². The highest BCUT2D eigenvalue weighted by Gasteiger charge is 2.21. The number of nitriles is 1. The van der Waals surface area contributed by atoms with Gasteiger partial charge >= 0.3 is 0 Å². The van der Waals surface area contributed by atoms with Crippen LogP contribution in [-0.4, -0.2) is 37.1 Å². The predicted molar refractivity (Wildman–Crippen MR) is 76.8 cm³/mol. The zero-order valence-electron chi connectivity index (χ0n) is 11.7. The summed E-state index contributed by atoms with van der Waals surface area (Å²) in [5, 5.41) is 9.23. The minimum Gasteiger partial charge on any atom is -0.486 e. The van der Waals surface area contributed by atoms with Crippen molar-refractivity contribution in [1.29, 1.82) is 5.26 Å². The fourth-order valence-electron chi connectivity index (χ4n) is 2.55. The highest BCUT2D eigenvalue weighted by molar-refractivity contribution is 6.01. The fourth-order valence-corrected chi connectivity index (χ4v) is 2.55. The second-order valence-electron chi connectivity index (χ2n) is 5.07. The molecule has 1 fully saturated rings. The van der Waals surface area contributed by atoms with Crippen LogP contribution in [0.2, 0.25) is 0 Å². The first-order valence-electron chi connectivity index (χ1n) is 7.08. The first kappa shape index (κ1) is 13.5. The molecule has 0 unspecified atom stereocenters. The lowest BCUT2D eigenvalue weighted by atomic mass is 10.1. The fraction of sp³-hybridized carbons (Fsp3) is 0.375. The van der Waals surface area contributed by atoms with Gasteiger partial charge in [-0.3, -0.25) is 4.79 Å².